The van der Waals surface area contributed by atoms with Crippen molar-refractivity contribution in [3.8, 4) is 0 Å². The van der Waals surface area contributed by atoms with Crippen LogP contribution in [0.4, 0.5) is 10.8 Å². The number of carbonyl (C=O) groups excluding carboxylic acids is 1. The molecular weight excluding hydrogens is 496 g/mol. The number of anilines is 1. The number of carboxylic acid groups (broad SMARTS) is 1. The van der Waals surface area contributed by atoms with Crippen LogP contribution in [0, 0.1) is 6.92 Å². The topological polar surface area (TPSA) is 127 Å². The van der Waals surface area contributed by atoms with Gasteiger partial charge in [0.15, 0.2) is 11.1 Å². The number of halogens is 1. The fraction of sp³-hybridized carbons (Fsp3) is 0.455. The number of fused-ring (bicyclic) bond motifs is 3. The highest BCUT2D eigenvalue weighted by atomic mass is 79.9. The second-order valence-electron chi connectivity index (χ2n) is 8.64. The fourth-order valence-electron chi connectivity index (χ4n) is 4.57. The number of pyridine rings is 1. The van der Waals surface area contributed by atoms with Crippen LogP contribution in [-0.2, 0) is 9.53 Å². The summed E-state index contributed by atoms with van der Waals surface area (Å²) in [7, 11) is 1.47. The number of carbonyl (C=O) groups is 2. The predicted molar refractivity (Wildman–Crippen MR) is 124 cm³/mol. The zero-order valence-electron chi connectivity index (χ0n) is 18.2. The van der Waals surface area contributed by atoms with Crippen molar-refractivity contribution in [2.75, 3.05) is 25.2 Å². The van der Waals surface area contributed by atoms with Gasteiger partial charge in [-0.2, -0.15) is 4.98 Å². The predicted octanol–water partition coefficient (Wildman–Crippen LogP) is 3.33. The number of nitrogens with zero attached hydrogens (tertiary/aromatic N) is 3. The summed E-state index contributed by atoms with van der Waals surface area (Å²) in [4.78, 5) is 43.8. The first-order valence-electron chi connectivity index (χ1n) is 10.7. The van der Waals surface area contributed by atoms with Gasteiger partial charge < -0.3 is 24.1 Å². The van der Waals surface area contributed by atoms with Gasteiger partial charge in [0.05, 0.1) is 5.52 Å². The van der Waals surface area contributed by atoms with Gasteiger partial charge in [-0.15, -0.1) is 0 Å². The van der Waals surface area contributed by atoms with Gasteiger partial charge in [0.25, 0.3) is 11.5 Å². The number of likely N-dealkylation sites (N-methyl/N-ethyl adjacent to an activating group) is 1. The Balaban J connectivity index is 1.65. The van der Waals surface area contributed by atoms with Crippen molar-refractivity contribution in [1.82, 2.24) is 14.9 Å². The zero-order valence-corrected chi connectivity index (χ0v) is 19.8. The van der Waals surface area contributed by atoms with Gasteiger partial charge in [-0.25, -0.2) is 4.79 Å². The fourth-order valence-corrected chi connectivity index (χ4v) is 4.89. The molecule has 33 heavy (non-hydrogen) atoms. The maximum Gasteiger partial charge on any atom is 0.405 e. The summed E-state index contributed by atoms with van der Waals surface area (Å²) in [5.41, 5.74) is 0.558. The highest BCUT2D eigenvalue weighted by molar-refractivity contribution is 9.10. The number of aryl methyl sites for hydroxylation is 1. The molecular formula is C22H23BrN4O6. The van der Waals surface area contributed by atoms with E-state index in [-0.39, 0.29) is 49.2 Å². The third-order valence-electron chi connectivity index (χ3n) is 6.49. The second-order valence-corrected chi connectivity index (χ2v) is 9.49. The van der Waals surface area contributed by atoms with Crippen LogP contribution in [0.1, 0.15) is 37.3 Å². The van der Waals surface area contributed by atoms with Crippen molar-refractivity contribution in [2.45, 2.75) is 44.2 Å². The molecule has 3 aromatic rings. The molecule has 174 valence electrons. The Morgan fingerprint density at radius 3 is 2.64 bits per heavy atom. The van der Waals surface area contributed by atoms with E-state index in [9.17, 15) is 19.5 Å². The summed E-state index contributed by atoms with van der Waals surface area (Å²) < 4.78 is 14.0. The molecule has 0 bridgehead atoms. The molecule has 2 N–H and O–H groups in total. The Kier molecular flexibility index (Phi) is 5.20. The van der Waals surface area contributed by atoms with Crippen LogP contribution in [0.5, 0.6) is 0 Å². The summed E-state index contributed by atoms with van der Waals surface area (Å²) in [5.74, 6) is -0.509. The Morgan fingerprint density at radius 1 is 1.30 bits per heavy atom. The molecule has 1 aliphatic carbocycles. The van der Waals surface area contributed by atoms with Gasteiger partial charge in [0.1, 0.15) is 5.54 Å². The first-order chi connectivity index (χ1) is 15.7. The lowest BCUT2D eigenvalue weighted by atomic mass is 9.88. The maximum atomic E-state index is 13.4. The number of hydrogen-bond acceptors (Lipinski definition) is 6. The van der Waals surface area contributed by atoms with Crippen molar-refractivity contribution in [3.05, 3.63) is 32.5 Å². The third-order valence-corrected chi connectivity index (χ3v) is 7.35. The van der Waals surface area contributed by atoms with E-state index >= 15 is 0 Å². The molecule has 1 saturated carbocycles. The summed E-state index contributed by atoms with van der Waals surface area (Å²) in [6.45, 7) is 2.44. The molecule has 11 heteroatoms. The minimum Gasteiger partial charge on any atom is -0.465 e. The molecule has 3 heterocycles. The maximum absolute atomic E-state index is 13.4. The minimum absolute atomic E-state index is 0.0550. The van der Waals surface area contributed by atoms with Crippen LogP contribution in [0.2, 0.25) is 0 Å². The number of oxazole rings is 1. The van der Waals surface area contributed by atoms with Gasteiger partial charge >= 0.3 is 12.1 Å². The molecule has 1 saturated heterocycles. The first kappa shape index (κ1) is 21.9. The number of hydrogen-bond donors (Lipinski definition) is 2. The second kappa shape index (κ2) is 7.84. The number of nitrogens with one attached hydrogen (secondary N) is 1. The van der Waals surface area contributed by atoms with Crippen LogP contribution in [0.15, 0.2) is 25.8 Å². The lowest BCUT2D eigenvalue weighted by Crippen LogP contribution is -2.61. The Bertz CT molecular complexity index is 1350. The summed E-state index contributed by atoms with van der Waals surface area (Å²) >= 11 is 3.55. The van der Waals surface area contributed by atoms with E-state index in [0.717, 1.165) is 33.8 Å². The molecule has 2 aliphatic rings. The van der Waals surface area contributed by atoms with E-state index in [0.29, 0.717) is 5.58 Å². The van der Waals surface area contributed by atoms with E-state index in [2.05, 4.69) is 26.2 Å². The van der Waals surface area contributed by atoms with Gasteiger partial charge in [-0.05, 0) is 37.5 Å². The Hall–Kier alpha value is -2.92. The lowest BCUT2D eigenvalue weighted by Gasteiger charge is -2.37. The average molecular weight is 519 g/mol. The van der Waals surface area contributed by atoms with Crippen LogP contribution in [-0.4, -0.2) is 52.5 Å². The quantitative estimate of drug-likeness (QED) is 0.542. The third kappa shape index (κ3) is 3.50. The molecule has 2 amide bonds. The van der Waals surface area contributed by atoms with Crippen LogP contribution < -0.4 is 15.8 Å². The highest BCUT2D eigenvalue weighted by Crippen LogP contribution is 2.40. The van der Waals surface area contributed by atoms with Crippen molar-refractivity contribution < 1.29 is 23.8 Å². The van der Waals surface area contributed by atoms with E-state index in [1.54, 1.807) is 4.57 Å². The van der Waals surface area contributed by atoms with Gasteiger partial charge in [0, 0.05) is 49.0 Å². The molecule has 0 atom stereocenters. The van der Waals surface area contributed by atoms with Gasteiger partial charge in [0.2, 0.25) is 0 Å². The van der Waals surface area contributed by atoms with Crippen molar-refractivity contribution >= 4 is 55.9 Å². The molecule has 1 aliphatic heterocycles. The Morgan fingerprint density at radius 2 is 2.00 bits per heavy atom. The smallest absolute Gasteiger partial charge is 0.405 e. The molecule has 0 radical (unpaired) electrons. The van der Waals surface area contributed by atoms with E-state index in [1.807, 2.05) is 19.1 Å². The van der Waals surface area contributed by atoms with E-state index < -0.39 is 17.5 Å². The lowest BCUT2D eigenvalue weighted by molar-refractivity contribution is -0.128. The number of aromatic nitrogens is 2. The average Bonchev–Trinajstić information content (AvgIpc) is 3.52. The number of ether oxygens (including phenoxy) is 1. The van der Waals surface area contributed by atoms with Crippen molar-refractivity contribution in [2.24, 2.45) is 0 Å². The molecule has 2 fully saturated rings. The molecule has 0 spiro atoms. The number of rotatable bonds is 4. The van der Waals surface area contributed by atoms with E-state index in [4.69, 9.17) is 9.15 Å². The SMILES string of the molecule is Cc1c(Br)ccc2c3oc(N(C)C(=O)C4(NC(=O)O)CCOCC4)nc3c(=O)n(C3CC3)c12. The number of amides is 2. The van der Waals surface area contributed by atoms with Crippen LogP contribution in [0.25, 0.3) is 22.0 Å². The molecule has 5 rings (SSSR count). The molecule has 10 nitrogen and oxygen atoms in total. The number of benzene rings is 1. The highest BCUT2D eigenvalue weighted by Gasteiger charge is 2.44. The minimum atomic E-state index is -1.35. The van der Waals surface area contributed by atoms with Gasteiger partial charge in [-0.1, -0.05) is 15.9 Å². The zero-order chi connectivity index (χ0) is 23.5. The van der Waals surface area contributed by atoms with Gasteiger partial charge in [-0.3, -0.25) is 14.5 Å². The van der Waals surface area contributed by atoms with Crippen LogP contribution >= 0.6 is 15.9 Å². The van der Waals surface area contributed by atoms with Crippen molar-refractivity contribution in [3.63, 3.8) is 0 Å². The van der Waals surface area contributed by atoms with Crippen molar-refractivity contribution in [1.29, 1.82) is 0 Å². The van der Waals surface area contributed by atoms with E-state index in [1.165, 1.54) is 11.9 Å². The molecule has 0 unspecified atom stereocenters. The van der Waals surface area contributed by atoms with Crippen LogP contribution in [0.3, 0.4) is 0 Å². The molecule has 2 aromatic heterocycles. The summed E-state index contributed by atoms with van der Waals surface area (Å²) in [6, 6.07) is 3.82. The normalized spacial score (nSPS) is 17.9. The Labute approximate surface area is 196 Å². The summed E-state index contributed by atoms with van der Waals surface area (Å²) in [5, 5.41) is 12.4. The summed E-state index contributed by atoms with van der Waals surface area (Å²) in [6.07, 6.45) is 0.915. The standard InChI is InChI=1S/C22H23BrN4O6/c1-11-14(23)6-5-13-16(11)27(12-3-4-12)18(28)15-17(13)33-20(24-15)26(2)19(29)22(25-21(30)31)7-9-32-10-8-22/h5-6,12,25H,3-4,7-10H2,1-2H3,(H,30,31). The largest absolute Gasteiger partial charge is 0.465 e. The molecule has 1 aromatic carbocycles. The first-order valence-corrected chi connectivity index (χ1v) is 11.5. The monoisotopic (exact) mass is 518 g/mol.